The normalized spacial score (nSPS) is 10.4. The van der Waals surface area contributed by atoms with Crippen LogP contribution in [0.2, 0.25) is 0 Å². The molecule has 0 aliphatic rings. The monoisotopic (exact) mass is 411 g/mol. The Morgan fingerprint density at radius 3 is 2.55 bits per heavy atom. The fraction of sp³-hybridized carbons (Fsp3) is 0.227. The summed E-state index contributed by atoms with van der Waals surface area (Å²) in [7, 11) is 0. The molecule has 0 saturated heterocycles. The van der Waals surface area contributed by atoms with Crippen LogP contribution in [0.4, 0.5) is 5.69 Å². The van der Waals surface area contributed by atoms with Crippen LogP contribution in [0.15, 0.2) is 54.6 Å². The molecule has 2 amide bonds. The first-order valence-corrected chi connectivity index (χ1v) is 9.83. The van der Waals surface area contributed by atoms with Gasteiger partial charge >= 0.3 is 0 Å². The van der Waals surface area contributed by atoms with Gasteiger partial charge in [0.05, 0.1) is 6.61 Å². The van der Waals surface area contributed by atoms with Crippen molar-refractivity contribution in [2.24, 2.45) is 0 Å². The van der Waals surface area contributed by atoms with Crippen LogP contribution in [-0.2, 0) is 4.79 Å². The molecule has 0 unspecified atom stereocenters. The molecule has 0 aromatic heterocycles. The maximum atomic E-state index is 12.1. The van der Waals surface area contributed by atoms with E-state index < -0.39 is 0 Å². The maximum absolute atomic E-state index is 12.1. The van der Waals surface area contributed by atoms with E-state index in [2.05, 4.69) is 16.0 Å². The minimum absolute atomic E-state index is 0.149. The Morgan fingerprint density at radius 1 is 1.10 bits per heavy atom. The molecule has 0 spiro atoms. The topological polar surface area (TPSA) is 79.5 Å². The number of amides is 2. The van der Waals surface area contributed by atoms with E-state index in [0.717, 1.165) is 17.7 Å². The Morgan fingerprint density at radius 2 is 1.86 bits per heavy atom. The zero-order valence-electron chi connectivity index (χ0n) is 16.5. The number of hydrogen-bond donors (Lipinski definition) is 3. The molecule has 2 rings (SSSR count). The maximum Gasteiger partial charge on any atom is 0.251 e. The molecule has 152 valence electrons. The predicted molar refractivity (Wildman–Crippen MR) is 120 cm³/mol. The Hall–Kier alpha value is -3.19. The van der Waals surface area contributed by atoms with E-state index >= 15 is 0 Å². The number of nitrogens with one attached hydrogen (secondary N) is 3. The molecular formula is C22H25N3O3S. The number of carbonyl (C=O) groups is 2. The molecule has 0 aliphatic heterocycles. The summed E-state index contributed by atoms with van der Waals surface area (Å²) in [5, 5.41) is 8.46. The Bertz CT molecular complexity index is 879. The van der Waals surface area contributed by atoms with Crippen LogP contribution < -0.4 is 20.7 Å². The lowest BCUT2D eigenvalue weighted by molar-refractivity contribution is -0.115. The summed E-state index contributed by atoms with van der Waals surface area (Å²) < 4.78 is 5.38. The predicted octanol–water partition coefficient (Wildman–Crippen LogP) is 3.75. The lowest BCUT2D eigenvalue weighted by Gasteiger charge is -2.10. The quantitative estimate of drug-likeness (QED) is 0.455. The van der Waals surface area contributed by atoms with Crippen molar-refractivity contribution >= 4 is 40.9 Å². The molecule has 29 heavy (non-hydrogen) atoms. The molecule has 0 atom stereocenters. The first-order chi connectivity index (χ1) is 14.0. The van der Waals surface area contributed by atoms with Crippen LogP contribution in [0.5, 0.6) is 5.75 Å². The highest BCUT2D eigenvalue weighted by Gasteiger charge is 2.07. The summed E-state index contributed by atoms with van der Waals surface area (Å²) in [5.41, 5.74) is 2.01. The van der Waals surface area contributed by atoms with Gasteiger partial charge in [-0.1, -0.05) is 25.1 Å². The summed E-state index contributed by atoms with van der Waals surface area (Å²) in [6, 6.07) is 14.3. The number of ether oxygens (including phenoxy) is 1. The summed E-state index contributed by atoms with van der Waals surface area (Å²) in [5.74, 6) is 0.280. The zero-order chi connectivity index (χ0) is 21.1. The molecular weight excluding hydrogens is 386 g/mol. The lowest BCUT2D eigenvalue weighted by Crippen LogP contribution is -2.33. The second kappa shape index (κ2) is 11.6. The molecule has 2 aromatic rings. The van der Waals surface area contributed by atoms with Crippen molar-refractivity contribution < 1.29 is 14.3 Å². The summed E-state index contributed by atoms with van der Waals surface area (Å²) >= 11 is 5.17. The Kier molecular flexibility index (Phi) is 8.85. The highest BCUT2D eigenvalue weighted by molar-refractivity contribution is 7.80. The van der Waals surface area contributed by atoms with Gasteiger partial charge in [-0.2, -0.15) is 0 Å². The van der Waals surface area contributed by atoms with Crippen LogP contribution in [0.3, 0.4) is 0 Å². The van der Waals surface area contributed by atoms with Crippen molar-refractivity contribution in [2.75, 3.05) is 18.5 Å². The van der Waals surface area contributed by atoms with Crippen molar-refractivity contribution in [3.05, 3.63) is 65.7 Å². The van der Waals surface area contributed by atoms with Gasteiger partial charge in [0, 0.05) is 23.9 Å². The number of anilines is 1. The van der Waals surface area contributed by atoms with Crippen LogP contribution in [-0.4, -0.2) is 30.1 Å². The van der Waals surface area contributed by atoms with Crippen LogP contribution >= 0.6 is 12.2 Å². The van der Waals surface area contributed by atoms with Crippen LogP contribution in [0.25, 0.3) is 6.08 Å². The van der Waals surface area contributed by atoms with Gasteiger partial charge in [0.25, 0.3) is 5.91 Å². The van der Waals surface area contributed by atoms with Crippen LogP contribution in [0.1, 0.15) is 36.2 Å². The second-order valence-electron chi connectivity index (χ2n) is 6.12. The van der Waals surface area contributed by atoms with Gasteiger partial charge in [-0.25, -0.2) is 0 Å². The Labute approximate surface area is 176 Å². The molecule has 0 bridgehead atoms. The summed E-state index contributed by atoms with van der Waals surface area (Å²) in [4.78, 5) is 24.1. The van der Waals surface area contributed by atoms with E-state index in [9.17, 15) is 9.59 Å². The molecule has 0 saturated carbocycles. The van der Waals surface area contributed by atoms with Crippen molar-refractivity contribution in [3.8, 4) is 5.75 Å². The van der Waals surface area contributed by atoms with Crippen molar-refractivity contribution in [1.82, 2.24) is 10.6 Å². The molecule has 0 radical (unpaired) electrons. The molecule has 0 fully saturated rings. The zero-order valence-corrected chi connectivity index (χ0v) is 17.3. The lowest BCUT2D eigenvalue weighted by atomic mass is 10.2. The van der Waals surface area contributed by atoms with Gasteiger partial charge in [-0.3, -0.25) is 14.9 Å². The van der Waals surface area contributed by atoms with Gasteiger partial charge < -0.3 is 15.4 Å². The summed E-state index contributed by atoms with van der Waals surface area (Å²) in [6.45, 7) is 5.14. The molecule has 0 aliphatic carbocycles. The fourth-order valence-electron chi connectivity index (χ4n) is 2.41. The average molecular weight is 412 g/mol. The molecule has 2 aromatic carbocycles. The van der Waals surface area contributed by atoms with E-state index in [-0.39, 0.29) is 16.9 Å². The number of carbonyl (C=O) groups excluding carboxylic acids is 2. The number of rotatable bonds is 8. The molecule has 0 heterocycles. The molecule has 3 N–H and O–H groups in total. The van der Waals surface area contributed by atoms with Gasteiger partial charge in [0.2, 0.25) is 5.91 Å². The third kappa shape index (κ3) is 7.75. The van der Waals surface area contributed by atoms with E-state index in [1.54, 1.807) is 30.3 Å². The van der Waals surface area contributed by atoms with Crippen molar-refractivity contribution in [2.45, 2.75) is 20.3 Å². The highest BCUT2D eigenvalue weighted by Crippen LogP contribution is 2.13. The summed E-state index contributed by atoms with van der Waals surface area (Å²) in [6.07, 6.45) is 3.95. The highest BCUT2D eigenvalue weighted by atomic mass is 32.1. The number of thiocarbonyl (C=S) groups is 1. The third-order valence-corrected chi connectivity index (χ3v) is 3.98. The van der Waals surface area contributed by atoms with Crippen molar-refractivity contribution in [3.63, 3.8) is 0 Å². The third-order valence-electron chi connectivity index (χ3n) is 3.77. The van der Waals surface area contributed by atoms with E-state index in [1.807, 2.05) is 38.1 Å². The second-order valence-corrected chi connectivity index (χ2v) is 6.52. The first kappa shape index (κ1) is 22.1. The first-order valence-electron chi connectivity index (χ1n) is 9.43. The number of hydrogen-bond acceptors (Lipinski definition) is 4. The van der Waals surface area contributed by atoms with Gasteiger partial charge in [-0.15, -0.1) is 0 Å². The van der Waals surface area contributed by atoms with Crippen LogP contribution in [0, 0.1) is 0 Å². The average Bonchev–Trinajstić information content (AvgIpc) is 2.71. The van der Waals surface area contributed by atoms with Gasteiger partial charge in [0.1, 0.15) is 5.75 Å². The van der Waals surface area contributed by atoms with Gasteiger partial charge in [-0.05, 0) is 67.5 Å². The minimum atomic E-state index is -0.353. The van der Waals surface area contributed by atoms with E-state index in [1.165, 1.54) is 6.08 Å². The fourth-order valence-corrected chi connectivity index (χ4v) is 2.63. The molecule has 7 heteroatoms. The van der Waals surface area contributed by atoms with E-state index in [0.29, 0.717) is 24.4 Å². The standard InChI is InChI=1S/C22H25N3O3S/c1-3-14-23-21(27)17-6-5-7-18(15-17)24-22(29)25-20(26)13-10-16-8-11-19(12-9-16)28-4-2/h5-13,15H,3-4,14H2,1-2H3,(H,23,27)(H2,24,25,26,29)/b13-10+. The largest absolute Gasteiger partial charge is 0.494 e. The van der Waals surface area contributed by atoms with Crippen molar-refractivity contribution in [1.29, 1.82) is 0 Å². The molecule has 6 nitrogen and oxygen atoms in total. The van der Waals surface area contributed by atoms with Gasteiger partial charge in [0.15, 0.2) is 5.11 Å². The smallest absolute Gasteiger partial charge is 0.251 e. The SMILES string of the molecule is CCCNC(=O)c1cccc(NC(=S)NC(=O)/C=C/c2ccc(OCC)cc2)c1. The Balaban J connectivity index is 1.88. The number of benzene rings is 2. The van der Waals surface area contributed by atoms with E-state index in [4.69, 9.17) is 17.0 Å². The minimum Gasteiger partial charge on any atom is -0.494 e.